The second-order valence-electron chi connectivity index (χ2n) is 7.15. The second kappa shape index (κ2) is 7.35. The summed E-state index contributed by atoms with van der Waals surface area (Å²) in [7, 11) is 0. The Morgan fingerprint density at radius 2 is 2.03 bits per heavy atom. The van der Waals surface area contributed by atoms with Crippen LogP contribution in [0.15, 0.2) is 61.1 Å². The van der Waals surface area contributed by atoms with Gasteiger partial charge in [0.05, 0.1) is 17.9 Å². The predicted octanol–water partition coefficient (Wildman–Crippen LogP) is 3.52. The zero-order valence-electron chi connectivity index (χ0n) is 15.7. The first-order valence-corrected chi connectivity index (χ1v) is 9.65. The number of anilines is 1. The van der Waals surface area contributed by atoms with Gasteiger partial charge in [0.15, 0.2) is 0 Å². The average Bonchev–Trinajstić information content (AvgIpc) is 3.45. The van der Waals surface area contributed by atoms with E-state index in [0.717, 1.165) is 46.6 Å². The van der Waals surface area contributed by atoms with Gasteiger partial charge in [0, 0.05) is 41.1 Å². The summed E-state index contributed by atoms with van der Waals surface area (Å²) in [5, 5.41) is 7.31. The first kappa shape index (κ1) is 17.4. The molecule has 4 aromatic heterocycles. The summed E-state index contributed by atoms with van der Waals surface area (Å²) in [4.78, 5) is 29.1. The monoisotopic (exact) mass is 384 g/mol. The molecule has 4 aromatic rings. The van der Waals surface area contributed by atoms with Crippen molar-refractivity contribution in [3.05, 3.63) is 72.3 Å². The number of carbonyl (C=O) groups excluding carboxylic acids is 1. The van der Waals surface area contributed by atoms with Gasteiger partial charge in [-0.25, -0.2) is 4.98 Å². The van der Waals surface area contributed by atoms with Crippen LogP contribution < -0.4 is 10.6 Å². The molecule has 7 nitrogen and oxygen atoms in total. The number of amides is 1. The molecule has 0 aliphatic heterocycles. The van der Waals surface area contributed by atoms with Gasteiger partial charge in [-0.3, -0.25) is 14.8 Å². The lowest BCUT2D eigenvalue weighted by Crippen LogP contribution is -2.25. The van der Waals surface area contributed by atoms with Crippen molar-refractivity contribution >= 4 is 22.8 Å². The van der Waals surface area contributed by atoms with Crippen molar-refractivity contribution in [3.8, 4) is 11.3 Å². The molecule has 0 bridgehead atoms. The highest BCUT2D eigenvalue weighted by Gasteiger charge is 2.24. The minimum absolute atomic E-state index is 0.0518. The smallest absolute Gasteiger partial charge is 0.251 e. The van der Waals surface area contributed by atoms with Gasteiger partial charge >= 0.3 is 0 Å². The van der Waals surface area contributed by atoms with Crippen molar-refractivity contribution in [2.75, 3.05) is 5.32 Å². The van der Waals surface area contributed by atoms with E-state index in [9.17, 15) is 4.79 Å². The molecule has 0 aromatic carbocycles. The van der Waals surface area contributed by atoms with Crippen LogP contribution in [0.4, 0.5) is 5.82 Å². The molecule has 144 valence electrons. The Bertz CT molecular complexity index is 1170. The molecule has 5 rings (SSSR count). The van der Waals surface area contributed by atoms with Crippen LogP contribution in [0.1, 0.15) is 28.9 Å². The normalized spacial score (nSPS) is 13.4. The second-order valence-corrected chi connectivity index (χ2v) is 7.15. The highest BCUT2D eigenvalue weighted by Crippen LogP contribution is 2.29. The molecule has 7 heteroatoms. The van der Waals surface area contributed by atoms with E-state index in [4.69, 9.17) is 0 Å². The molecular weight excluding hydrogens is 364 g/mol. The molecule has 3 N–H and O–H groups in total. The van der Waals surface area contributed by atoms with E-state index < -0.39 is 0 Å². The maximum Gasteiger partial charge on any atom is 0.251 e. The van der Waals surface area contributed by atoms with E-state index in [1.54, 1.807) is 18.5 Å². The molecule has 29 heavy (non-hydrogen) atoms. The Morgan fingerprint density at radius 1 is 1.10 bits per heavy atom. The number of fused-ring (bicyclic) bond motifs is 1. The summed E-state index contributed by atoms with van der Waals surface area (Å²) in [6.07, 6.45) is 7.42. The minimum atomic E-state index is -0.0518. The zero-order chi connectivity index (χ0) is 19.6. The number of hydrogen-bond donors (Lipinski definition) is 3. The molecule has 4 heterocycles. The van der Waals surface area contributed by atoms with Gasteiger partial charge < -0.3 is 15.6 Å². The standard InChI is InChI=1S/C22H20N6O/c29-22(27-15-4-5-15)14-6-9-24-19(11-14)18-12-20(28-21-17(18)7-10-25-21)26-13-16-3-1-2-8-23-16/h1-3,6-12,15H,4-5,13H2,(H,27,29)(H2,25,26,28). The number of pyridine rings is 3. The molecule has 1 fully saturated rings. The molecule has 0 spiro atoms. The Morgan fingerprint density at radius 3 is 2.86 bits per heavy atom. The van der Waals surface area contributed by atoms with Gasteiger partial charge in [-0.2, -0.15) is 0 Å². The topological polar surface area (TPSA) is 95.6 Å². The molecule has 0 atom stereocenters. The van der Waals surface area contributed by atoms with Gasteiger partial charge in [-0.15, -0.1) is 0 Å². The van der Waals surface area contributed by atoms with Crippen molar-refractivity contribution in [3.63, 3.8) is 0 Å². The quantitative estimate of drug-likeness (QED) is 0.473. The zero-order valence-corrected chi connectivity index (χ0v) is 15.7. The summed E-state index contributed by atoms with van der Waals surface area (Å²) < 4.78 is 0. The fraction of sp³-hybridized carbons (Fsp3) is 0.182. The van der Waals surface area contributed by atoms with E-state index in [1.165, 1.54) is 0 Å². The number of aromatic amines is 1. The van der Waals surface area contributed by atoms with Crippen LogP contribution in [0.25, 0.3) is 22.3 Å². The predicted molar refractivity (Wildman–Crippen MR) is 111 cm³/mol. The number of H-pyrrole nitrogens is 1. The summed E-state index contributed by atoms with van der Waals surface area (Å²) in [6.45, 7) is 0.566. The lowest BCUT2D eigenvalue weighted by atomic mass is 10.1. The first-order valence-electron chi connectivity index (χ1n) is 9.65. The molecule has 1 aliphatic carbocycles. The highest BCUT2D eigenvalue weighted by atomic mass is 16.1. The summed E-state index contributed by atoms with van der Waals surface area (Å²) in [6, 6.07) is 13.6. The van der Waals surface area contributed by atoms with Crippen LogP contribution in [0.2, 0.25) is 0 Å². The third-order valence-corrected chi connectivity index (χ3v) is 4.92. The van der Waals surface area contributed by atoms with Gasteiger partial charge in [-0.1, -0.05) is 6.07 Å². The van der Waals surface area contributed by atoms with E-state index >= 15 is 0 Å². The maximum atomic E-state index is 12.4. The first-order chi connectivity index (χ1) is 14.3. The van der Waals surface area contributed by atoms with Crippen LogP contribution in [-0.4, -0.2) is 31.9 Å². The third-order valence-electron chi connectivity index (χ3n) is 4.92. The van der Waals surface area contributed by atoms with Gasteiger partial charge in [0.1, 0.15) is 11.5 Å². The van der Waals surface area contributed by atoms with Crippen molar-refractivity contribution < 1.29 is 4.79 Å². The lowest BCUT2D eigenvalue weighted by molar-refractivity contribution is 0.0951. The van der Waals surface area contributed by atoms with E-state index in [0.29, 0.717) is 18.2 Å². The molecule has 1 amide bonds. The fourth-order valence-corrected chi connectivity index (χ4v) is 3.24. The number of hydrogen-bond acceptors (Lipinski definition) is 5. The van der Waals surface area contributed by atoms with Crippen molar-refractivity contribution in [2.24, 2.45) is 0 Å². The molecule has 0 unspecified atom stereocenters. The van der Waals surface area contributed by atoms with E-state index in [2.05, 4.69) is 30.6 Å². The van der Waals surface area contributed by atoms with Crippen LogP contribution in [0.5, 0.6) is 0 Å². The van der Waals surface area contributed by atoms with E-state index in [1.807, 2.05) is 42.6 Å². The summed E-state index contributed by atoms with van der Waals surface area (Å²) >= 11 is 0. The number of rotatable bonds is 6. The Kier molecular flexibility index (Phi) is 4.40. The van der Waals surface area contributed by atoms with Crippen LogP contribution >= 0.6 is 0 Å². The number of aromatic nitrogens is 4. The van der Waals surface area contributed by atoms with Crippen LogP contribution in [0, 0.1) is 0 Å². The Hall–Kier alpha value is -3.74. The lowest BCUT2D eigenvalue weighted by Gasteiger charge is -2.10. The largest absolute Gasteiger partial charge is 0.364 e. The number of nitrogens with one attached hydrogen (secondary N) is 3. The average molecular weight is 384 g/mol. The van der Waals surface area contributed by atoms with Gasteiger partial charge in [-0.05, 0) is 49.2 Å². The Balaban J connectivity index is 1.47. The number of nitrogens with zero attached hydrogens (tertiary/aromatic N) is 3. The van der Waals surface area contributed by atoms with Crippen LogP contribution in [0.3, 0.4) is 0 Å². The van der Waals surface area contributed by atoms with Crippen molar-refractivity contribution in [1.82, 2.24) is 25.3 Å². The molecule has 0 radical (unpaired) electrons. The Labute approximate surface area is 167 Å². The molecule has 1 aliphatic rings. The minimum Gasteiger partial charge on any atom is -0.364 e. The number of carbonyl (C=O) groups is 1. The molecule has 1 saturated carbocycles. The van der Waals surface area contributed by atoms with Gasteiger partial charge in [0.25, 0.3) is 5.91 Å². The summed E-state index contributed by atoms with van der Waals surface area (Å²) in [5.41, 5.74) is 3.97. The van der Waals surface area contributed by atoms with Crippen molar-refractivity contribution in [1.29, 1.82) is 0 Å². The maximum absolute atomic E-state index is 12.4. The van der Waals surface area contributed by atoms with Crippen LogP contribution in [-0.2, 0) is 6.54 Å². The molecule has 0 saturated heterocycles. The fourth-order valence-electron chi connectivity index (χ4n) is 3.24. The summed E-state index contributed by atoms with van der Waals surface area (Å²) in [5.74, 6) is 0.666. The highest BCUT2D eigenvalue weighted by molar-refractivity contribution is 5.98. The SMILES string of the molecule is O=C(NC1CC1)c1ccnc(-c2cc(NCc3ccccn3)nc3[nH]ccc23)c1. The van der Waals surface area contributed by atoms with E-state index in [-0.39, 0.29) is 5.91 Å². The third kappa shape index (κ3) is 3.80. The van der Waals surface area contributed by atoms with Crippen molar-refractivity contribution in [2.45, 2.75) is 25.4 Å². The molecular formula is C22H20N6O. The van der Waals surface area contributed by atoms with Gasteiger partial charge in [0.2, 0.25) is 0 Å².